The number of rotatable bonds is 2. The van der Waals surface area contributed by atoms with E-state index in [-0.39, 0.29) is 11.7 Å². The molecule has 1 aliphatic carbocycles. The Labute approximate surface area is 137 Å². The SMILES string of the molecule is COC(=O)c1cccc2[nH]c3c(c12)C(=O)CC(c1cccs1)C3. The van der Waals surface area contributed by atoms with E-state index in [1.165, 1.54) is 12.0 Å². The van der Waals surface area contributed by atoms with Gasteiger partial charge in [-0.2, -0.15) is 0 Å². The summed E-state index contributed by atoms with van der Waals surface area (Å²) in [5, 5.41) is 2.74. The highest BCUT2D eigenvalue weighted by atomic mass is 32.1. The fourth-order valence-electron chi connectivity index (χ4n) is 3.41. The Hall–Kier alpha value is -2.40. The van der Waals surface area contributed by atoms with E-state index in [1.54, 1.807) is 23.5 Å². The summed E-state index contributed by atoms with van der Waals surface area (Å²) in [5.74, 6) is -0.109. The summed E-state index contributed by atoms with van der Waals surface area (Å²) in [6.45, 7) is 0. The lowest BCUT2D eigenvalue weighted by atomic mass is 9.84. The first-order valence-electron chi connectivity index (χ1n) is 7.47. The summed E-state index contributed by atoms with van der Waals surface area (Å²) >= 11 is 1.68. The third-order valence-electron chi connectivity index (χ3n) is 4.41. The fraction of sp³-hybridized carbons (Fsp3) is 0.222. The van der Waals surface area contributed by atoms with Crippen molar-refractivity contribution in [2.24, 2.45) is 0 Å². The molecule has 3 aromatic rings. The van der Waals surface area contributed by atoms with Gasteiger partial charge >= 0.3 is 5.97 Å². The Kier molecular flexibility index (Phi) is 3.31. The summed E-state index contributed by atoms with van der Waals surface area (Å²) in [6, 6.07) is 9.50. The fourth-order valence-corrected chi connectivity index (χ4v) is 4.24. The number of H-pyrrole nitrogens is 1. The number of benzene rings is 1. The summed E-state index contributed by atoms with van der Waals surface area (Å²) in [7, 11) is 1.36. The predicted molar refractivity (Wildman–Crippen MR) is 89.3 cm³/mol. The molecule has 1 aromatic carbocycles. The van der Waals surface area contributed by atoms with Crippen molar-refractivity contribution in [1.29, 1.82) is 0 Å². The van der Waals surface area contributed by atoms with Crippen LogP contribution in [0.5, 0.6) is 0 Å². The highest BCUT2D eigenvalue weighted by Gasteiger charge is 2.31. The van der Waals surface area contributed by atoms with Gasteiger partial charge in [0.05, 0.1) is 12.7 Å². The van der Waals surface area contributed by atoms with Crippen LogP contribution < -0.4 is 0 Å². The van der Waals surface area contributed by atoms with Crippen LogP contribution in [-0.4, -0.2) is 23.8 Å². The van der Waals surface area contributed by atoms with Gasteiger partial charge in [0.25, 0.3) is 0 Å². The molecular formula is C18H15NO3S. The van der Waals surface area contributed by atoms with Crippen LogP contribution in [-0.2, 0) is 11.2 Å². The molecular weight excluding hydrogens is 310 g/mol. The Morgan fingerprint density at radius 1 is 1.26 bits per heavy atom. The second-order valence-electron chi connectivity index (χ2n) is 5.74. The van der Waals surface area contributed by atoms with Crippen LogP contribution in [0.15, 0.2) is 35.7 Å². The highest BCUT2D eigenvalue weighted by molar-refractivity contribution is 7.10. The maximum atomic E-state index is 12.8. The van der Waals surface area contributed by atoms with Gasteiger partial charge in [0.1, 0.15) is 0 Å². The van der Waals surface area contributed by atoms with Crippen molar-refractivity contribution in [2.45, 2.75) is 18.8 Å². The van der Waals surface area contributed by atoms with Crippen molar-refractivity contribution in [1.82, 2.24) is 4.98 Å². The van der Waals surface area contributed by atoms with Gasteiger partial charge in [-0.1, -0.05) is 12.1 Å². The van der Waals surface area contributed by atoms with Crippen molar-refractivity contribution in [3.63, 3.8) is 0 Å². The van der Waals surface area contributed by atoms with E-state index < -0.39 is 5.97 Å². The zero-order chi connectivity index (χ0) is 16.0. The number of carbonyl (C=O) groups excluding carboxylic acids is 2. The molecule has 23 heavy (non-hydrogen) atoms. The van der Waals surface area contributed by atoms with Gasteiger partial charge < -0.3 is 9.72 Å². The number of hydrogen-bond acceptors (Lipinski definition) is 4. The molecule has 2 aromatic heterocycles. The number of fused-ring (bicyclic) bond motifs is 3. The van der Waals surface area contributed by atoms with E-state index in [4.69, 9.17) is 4.74 Å². The van der Waals surface area contributed by atoms with Gasteiger partial charge in [-0.05, 0) is 30.0 Å². The topological polar surface area (TPSA) is 59.2 Å². The Morgan fingerprint density at radius 3 is 2.87 bits per heavy atom. The quantitative estimate of drug-likeness (QED) is 0.726. The minimum absolute atomic E-state index is 0.0900. The second kappa shape index (κ2) is 5.35. The molecule has 5 heteroatoms. The lowest BCUT2D eigenvalue weighted by molar-refractivity contribution is 0.0603. The van der Waals surface area contributed by atoms with Gasteiger partial charge in [-0.25, -0.2) is 4.79 Å². The van der Waals surface area contributed by atoms with Crippen molar-refractivity contribution < 1.29 is 14.3 Å². The summed E-state index contributed by atoms with van der Waals surface area (Å²) < 4.78 is 4.86. The van der Waals surface area contributed by atoms with Crippen LogP contribution in [0.3, 0.4) is 0 Å². The highest BCUT2D eigenvalue weighted by Crippen LogP contribution is 2.38. The molecule has 0 fully saturated rings. The molecule has 116 valence electrons. The molecule has 1 unspecified atom stereocenters. The molecule has 0 amide bonds. The maximum absolute atomic E-state index is 12.8. The van der Waals surface area contributed by atoms with Gasteiger partial charge in [-0.15, -0.1) is 11.3 Å². The number of esters is 1. The van der Waals surface area contributed by atoms with E-state index in [2.05, 4.69) is 11.1 Å². The molecule has 1 atom stereocenters. The predicted octanol–water partition coefficient (Wildman–Crippen LogP) is 3.93. The number of thiophene rings is 1. The standard InChI is InChI=1S/C18H15NO3S/c1-22-18(21)11-4-2-5-12-16(11)17-13(19-12)8-10(9-14(17)20)15-6-3-7-23-15/h2-7,10,19H,8-9H2,1H3. The number of Topliss-reactive ketones (excluding diaryl/α,β-unsaturated/α-hetero) is 1. The molecule has 0 spiro atoms. The second-order valence-corrected chi connectivity index (χ2v) is 6.72. The minimum Gasteiger partial charge on any atom is -0.465 e. The molecule has 0 saturated heterocycles. The Morgan fingerprint density at radius 2 is 2.13 bits per heavy atom. The van der Waals surface area contributed by atoms with Gasteiger partial charge in [0.15, 0.2) is 5.78 Å². The first-order valence-corrected chi connectivity index (χ1v) is 8.35. The van der Waals surface area contributed by atoms with E-state index in [1.807, 2.05) is 17.5 Å². The molecule has 2 heterocycles. The van der Waals surface area contributed by atoms with Crippen LogP contribution >= 0.6 is 11.3 Å². The number of aromatic nitrogens is 1. The van der Waals surface area contributed by atoms with Crippen molar-refractivity contribution >= 4 is 34.0 Å². The molecule has 4 rings (SSSR count). The lowest BCUT2D eigenvalue weighted by Crippen LogP contribution is -2.18. The first kappa shape index (κ1) is 14.2. The lowest BCUT2D eigenvalue weighted by Gasteiger charge is -2.20. The van der Waals surface area contributed by atoms with Crippen LogP contribution in [0, 0.1) is 0 Å². The zero-order valence-electron chi connectivity index (χ0n) is 12.6. The number of nitrogens with one attached hydrogen (secondary N) is 1. The number of ether oxygens (including phenoxy) is 1. The average Bonchev–Trinajstić information content (AvgIpc) is 3.20. The maximum Gasteiger partial charge on any atom is 0.338 e. The van der Waals surface area contributed by atoms with Gasteiger partial charge in [0, 0.05) is 39.4 Å². The van der Waals surface area contributed by atoms with E-state index in [0.717, 1.165) is 17.6 Å². The van der Waals surface area contributed by atoms with Crippen LogP contribution in [0.2, 0.25) is 0 Å². The third kappa shape index (κ3) is 2.19. The molecule has 4 nitrogen and oxygen atoms in total. The number of methoxy groups -OCH3 is 1. The van der Waals surface area contributed by atoms with Crippen molar-refractivity contribution in [3.05, 3.63) is 57.4 Å². The molecule has 1 aliphatic rings. The monoisotopic (exact) mass is 325 g/mol. The zero-order valence-corrected chi connectivity index (χ0v) is 13.4. The van der Waals surface area contributed by atoms with Crippen LogP contribution in [0.25, 0.3) is 10.9 Å². The Balaban J connectivity index is 1.87. The number of hydrogen-bond donors (Lipinski definition) is 1. The van der Waals surface area contributed by atoms with Crippen molar-refractivity contribution in [3.8, 4) is 0 Å². The molecule has 1 N–H and O–H groups in total. The summed E-state index contributed by atoms with van der Waals surface area (Å²) in [6.07, 6.45) is 1.27. The normalized spacial score (nSPS) is 17.3. The summed E-state index contributed by atoms with van der Waals surface area (Å²) in [4.78, 5) is 29.4. The summed E-state index contributed by atoms with van der Waals surface area (Å²) in [5.41, 5.74) is 2.85. The van der Waals surface area contributed by atoms with E-state index >= 15 is 0 Å². The van der Waals surface area contributed by atoms with Gasteiger partial charge in [-0.3, -0.25) is 4.79 Å². The van der Waals surface area contributed by atoms with Crippen molar-refractivity contribution in [2.75, 3.05) is 7.11 Å². The third-order valence-corrected chi connectivity index (χ3v) is 5.45. The number of ketones is 1. The molecule has 0 saturated carbocycles. The molecule has 0 radical (unpaired) electrons. The van der Waals surface area contributed by atoms with E-state index in [9.17, 15) is 9.59 Å². The Bertz CT molecular complexity index is 908. The van der Waals surface area contributed by atoms with E-state index in [0.29, 0.717) is 22.9 Å². The number of aromatic amines is 1. The van der Waals surface area contributed by atoms with Crippen LogP contribution in [0.1, 0.15) is 43.6 Å². The molecule has 0 bridgehead atoms. The minimum atomic E-state index is -0.411. The number of carbonyl (C=O) groups is 2. The first-order chi connectivity index (χ1) is 11.2. The smallest absolute Gasteiger partial charge is 0.338 e. The van der Waals surface area contributed by atoms with Crippen LogP contribution in [0.4, 0.5) is 0 Å². The van der Waals surface area contributed by atoms with Gasteiger partial charge in [0.2, 0.25) is 0 Å². The molecule has 0 aliphatic heterocycles. The average molecular weight is 325 g/mol. The largest absolute Gasteiger partial charge is 0.465 e.